The first-order chi connectivity index (χ1) is 3.50. The van der Waals surface area contributed by atoms with Gasteiger partial charge in [-0.25, -0.2) is 0 Å². The van der Waals surface area contributed by atoms with E-state index in [0.717, 1.165) is 13.1 Å². The lowest BCUT2D eigenvalue weighted by molar-refractivity contribution is 0.892. The number of hydrogen-bond donors (Lipinski definition) is 1. The van der Waals surface area contributed by atoms with Crippen LogP contribution < -0.4 is 5.32 Å². The van der Waals surface area contributed by atoms with Crippen LogP contribution in [0.5, 0.6) is 0 Å². The van der Waals surface area contributed by atoms with Crippen molar-refractivity contribution >= 4 is 0 Å². The van der Waals surface area contributed by atoms with Gasteiger partial charge in [-0.15, -0.1) is 0 Å². The van der Waals surface area contributed by atoms with E-state index in [4.69, 9.17) is 0 Å². The summed E-state index contributed by atoms with van der Waals surface area (Å²) in [5.41, 5.74) is 0. The van der Waals surface area contributed by atoms with Crippen LogP contribution in [0.2, 0.25) is 0 Å². The van der Waals surface area contributed by atoms with Crippen LogP contribution in [0.1, 0.15) is 13.8 Å². The molecule has 0 aliphatic carbocycles. The molecule has 1 heteroatoms. The predicted molar refractivity (Wildman–Crippen MR) is 33.4 cm³/mol. The summed E-state index contributed by atoms with van der Waals surface area (Å²) in [5.74, 6) is 0. The fourth-order valence-electron chi connectivity index (χ4n) is 0.417. The van der Waals surface area contributed by atoms with Gasteiger partial charge < -0.3 is 5.32 Å². The maximum Gasteiger partial charge on any atom is 0.0138 e. The topological polar surface area (TPSA) is 12.0 Å². The lowest BCUT2D eigenvalue weighted by Crippen LogP contribution is -2.04. The molecule has 42 valence electrons. The third kappa shape index (κ3) is 3.53. The Bertz CT molecular complexity index is 42.1. The molecule has 1 rings (SSSR count). The van der Waals surface area contributed by atoms with Crippen LogP contribution in [-0.2, 0) is 0 Å². The molecule has 7 heavy (non-hydrogen) atoms. The van der Waals surface area contributed by atoms with E-state index in [1.165, 1.54) is 0 Å². The summed E-state index contributed by atoms with van der Waals surface area (Å²) in [6.07, 6.45) is 4.25. The summed E-state index contributed by atoms with van der Waals surface area (Å²) in [5, 5.41) is 3.11. The Morgan fingerprint density at radius 2 is 1.57 bits per heavy atom. The molecule has 1 nitrogen and oxygen atoms in total. The van der Waals surface area contributed by atoms with Gasteiger partial charge in [0.25, 0.3) is 0 Å². The van der Waals surface area contributed by atoms with E-state index in [1.54, 1.807) is 0 Å². The highest BCUT2D eigenvalue weighted by Gasteiger charge is 1.81. The van der Waals surface area contributed by atoms with Gasteiger partial charge in [0.1, 0.15) is 0 Å². The lowest BCUT2D eigenvalue weighted by atomic mass is 10.6. The fraction of sp³-hybridized carbons (Fsp3) is 0.667. The summed E-state index contributed by atoms with van der Waals surface area (Å²) in [7, 11) is 0. The molecular formula is C6H13N. The Labute approximate surface area is 45.4 Å². The van der Waals surface area contributed by atoms with E-state index < -0.39 is 0 Å². The van der Waals surface area contributed by atoms with E-state index >= 15 is 0 Å². The average Bonchev–Trinajstić information content (AvgIpc) is 2.23. The van der Waals surface area contributed by atoms with Crippen LogP contribution in [-0.4, -0.2) is 13.1 Å². The Morgan fingerprint density at radius 1 is 1.14 bits per heavy atom. The zero-order valence-corrected chi connectivity index (χ0v) is 5.07. The minimum atomic E-state index is 1.07. The van der Waals surface area contributed by atoms with E-state index in [1.807, 2.05) is 13.8 Å². The average molecular weight is 99.2 g/mol. The first-order valence-corrected chi connectivity index (χ1v) is 2.86. The van der Waals surface area contributed by atoms with Crippen molar-refractivity contribution in [1.29, 1.82) is 0 Å². The monoisotopic (exact) mass is 99.1 g/mol. The zero-order chi connectivity index (χ0) is 5.54. The molecule has 0 saturated carbocycles. The molecule has 0 spiro atoms. The molecule has 1 heterocycles. The van der Waals surface area contributed by atoms with Crippen LogP contribution >= 0.6 is 0 Å². The molecule has 0 aromatic carbocycles. The number of rotatable bonds is 0. The van der Waals surface area contributed by atoms with Crippen molar-refractivity contribution in [2.75, 3.05) is 13.1 Å². The van der Waals surface area contributed by atoms with Crippen molar-refractivity contribution in [3.05, 3.63) is 12.2 Å². The molecule has 1 aliphatic rings. The minimum Gasteiger partial charge on any atom is -0.310 e. The molecular weight excluding hydrogens is 86.1 g/mol. The van der Waals surface area contributed by atoms with Gasteiger partial charge in [-0.05, 0) is 0 Å². The predicted octanol–water partition coefficient (Wildman–Crippen LogP) is 1.17. The molecule has 0 fully saturated rings. The Morgan fingerprint density at radius 3 is 1.71 bits per heavy atom. The summed E-state index contributed by atoms with van der Waals surface area (Å²) >= 11 is 0. The van der Waals surface area contributed by atoms with Crippen molar-refractivity contribution in [3.63, 3.8) is 0 Å². The van der Waals surface area contributed by atoms with Gasteiger partial charge in [-0.1, -0.05) is 26.0 Å². The molecule has 0 unspecified atom stereocenters. The van der Waals surface area contributed by atoms with Gasteiger partial charge in [-0.2, -0.15) is 0 Å². The first kappa shape index (κ1) is 6.70. The van der Waals surface area contributed by atoms with Crippen molar-refractivity contribution in [1.82, 2.24) is 5.32 Å². The molecule has 0 bridgehead atoms. The summed E-state index contributed by atoms with van der Waals surface area (Å²) in [4.78, 5) is 0. The molecule has 0 aromatic rings. The van der Waals surface area contributed by atoms with E-state index in [2.05, 4.69) is 17.5 Å². The van der Waals surface area contributed by atoms with E-state index in [0.29, 0.717) is 0 Å². The van der Waals surface area contributed by atoms with Gasteiger partial charge in [0.15, 0.2) is 0 Å². The molecule has 0 saturated heterocycles. The normalized spacial score (nSPS) is 15.7. The van der Waals surface area contributed by atoms with Crippen molar-refractivity contribution < 1.29 is 0 Å². The molecule has 0 radical (unpaired) electrons. The summed E-state index contributed by atoms with van der Waals surface area (Å²) in [6, 6.07) is 0. The standard InChI is InChI=1S/C4H7N.C2H6/c1-2-4-5-3-1;1-2/h1-2,5H,3-4H2;1-2H3. The Kier molecular flexibility index (Phi) is 5.46. The second-order valence-corrected chi connectivity index (χ2v) is 1.13. The fourth-order valence-corrected chi connectivity index (χ4v) is 0.417. The summed E-state index contributed by atoms with van der Waals surface area (Å²) < 4.78 is 0. The number of nitrogens with one attached hydrogen (secondary N) is 1. The van der Waals surface area contributed by atoms with Crippen LogP contribution in [0.15, 0.2) is 12.2 Å². The summed E-state index contributed by atoms with van der Waals surface area (Å²) in [6.45, 7) is 6.14. The minimum absolute atomic E-state index is 1.07. The van der Waals surface area contributed by atoms with Gasteiger partial charge in [-0.3, -0.25) is 0 Å². The van der Waals surface area contributed by atoms with E-state index in [9.17, 15) is 0 Å². The van der Waals surface area contributed by atoms with Crippen molar-refractivity contribution in [3.8, 4) is 0 Å². The third-order valence-electron chi connectivity index (χ3n) is 0.691. The molecule has 1 N–H and O–H groups in total. The van der Waals surface area contributed by atoms with Gasteiger partial charge >= 0.3 is 0 Å². The van der Waals surface area contributed by atoms with Gasteiger partial charge in [0.2, 0.25) is 0 Å². The Balaban J connectivity index is 0.000000162. The smallest absolute Gasteiger partial charge is 0.0138 e. The lowest BCUT2D eigenvalue weighted by Gasteiger charge is -1.77. The van der Waals surface area contributed by atoms with Crippen molar-refractivity contribution in [2.24, 2.45) is 0 Å². The van der Waals surface area contributed by atoms with Crippen LogP contribution in [0.4, 0.5) is 0 Å². The maximum absolute atomic E-state index is 3.11. The van der Waals surface area contributed by atoms with E-state index in [-0.39, 0.29) is 0 Å². The molecule has 0 amide bonds. The van der Waals surface area contributed by atoms with Gasteiger partial charge in [0, 0.05) is 13.1 Å². The first-order valence-electron chi connectivity index (χ1n) is 2.86. The third-order valence-corrected chi connectivity index (χ3v) is 0.691. The van der Waals surface area contributed by atoms with Crippen LogP contribution in [0.25, 0.3) is 0 Å². The zero-order valence-electron chi connectivity index (χ0n) is 5.07. The highest BCUT2D eigenvalue weighted by Crippen LogP contribution is 1.75. The quantitative estimate of drug-likeness (QED) is 0.449. The highest BCUT2D eigenvalue weighted by molar-refractivity contribution is 4.92. The molecule has 0 aromatic heterocycles. The molecule has 1 aliphatic heterocycles. The highest BCUT2D eigenvalue weighted by atomic mass is 14.9. The number of hydrogen-bond acceptors (Lipinski definition) is 1. The largest absolute Gasteiger partial charge is 0.310 e. The van der Waals surface area contributed by atoms with Crippen LogP contribution in [0, 0.1) is 0 Å². The second-order valence-electron chi connectivity index (χ2n) is 1.13. The van der Waals surface area contributed by atoms with Crippen molar-refractivity contribution in [2.45, 2.75) is 13.8 Å². The SMILES string of the molecule is C1=CCNC1.CC. The maximum atomic E-state index is 3.11. The van der Waals surface area contributed by atoms with Gasteiger partial charge in [0.05, 0.1) is 0 Å². The van der Waals surface area contributed by atoms with Crippen LogP contribution in [0.3, 0.4) is 0 Å². The Hall–Kier alpha value is -0.300. The molecule has 0 atom stereocenters. The second kappa shape index (κ2) is 5.70.